The molecule has 0 fully saturated rings. The van der Waals surface area contributed by atoms with Crippen molar-refractivity contribution in [2.75, 3.05) is 0 Å². The fourth-order valence-corrected chi connectivity index (χ4v) is 3.76. The van der Waals surface area contributed by atoms with Gasteiger partial charge in [0.2, 0.25) is 5.91 Å². The molecular weight excluding hydrogens is 388 g/mol. The highest BCUT2D eigenvalue weighted by atomic mass is 19.2. The zero-order valence-electron chi connectivity index (χ0n) is 17.5. The van der Waals surface area contributed by atoms with E-state index in [2.05, 4.69) is 0 Å². The first-order chi connectivity index (χ1) is 14.2. The number of hydrogen-bond acceptors (Lipinski definition) is 3. The molecule has 158 valence electrons. The predicted octanol–water partition coefficient (Wildman–Crippen LogP) is 5.01. The van der Waals surface area contributed by atoms with Gasteiger partial charge in [0.25, 0.3) is 0 Å². The van der Waals surface area contributed by atoms with Crippen LogP contribution in [0.25, 0.3) is 0 Å². The smallest absolute Gasteiger partial charge is 0.336 e. The lowest BCUT2D eigenvalue weighted by molar-refractivity contribution is -0.143. The van der Waals surface area contributed by atoms with Gasteiger partial charge in [-0.1, -0.05) is 42.0 Å². The lowest BCUT2D eigenvalue weighted by atomic mass is 9.83. The van der Waals surface area contributed by atoms with Crippen LogP contribution in [-0.4, -0.2) is 22.9 Å². The van der Waals surface area contributed by atoms with E-state index in [0.29, 0.717) is 11.3 Å². The zero-order valence-corrected chi connectivity index (χ0v) is 17.5. The molecule has 1 amide bonds. The Morgan fingerprint density at radius 3 is 2.53 bits per heavy atom. The Bertz CT molecular complexity index is 1010. The SMILES string of the molecule is CC1=C(C(=O)OC(C)C)[C@H](c2cccc(C)c2)CC(=O)N1Cc1cccc(F)c1F. The van der Waals surface area contributed by atoms with Gasteiger partial charge in [-0.3, -0.25) is 4.79 Å². The Balaban J connectivity index is 2.07. The van der Waals surface area contributed by atoms with Crippen molar-refractivity contribution in [3.8, 4) is 0 Å². The number of halogens is 2. The Morgan fingerprint density at radius 1 is 1.17 bits per heavy atom. The monoisotopic (exact) mass is 413 g/mol. The maximum Gasteiger partial charge on any atom is 0.336 e. The molecule has 6 heteroatoms. The highest BCUT2D eigenvalue weighted by molar-refractivity contribution is 5.96. The van der Waals surface area contributed by atoms with Gasteiger partial charge in [-0.05, 0) is 39.3 Å². The predicted molar refractivity (Wildman–Crippen MR) is 109 cm³/mol. The van der Waals surface area contributed by atoms with Gasteiger partial charge in [0.1, 0.15) is 0 Å². The van der Waals surface area contributed by atoms with Gasteiger partial charge < -0.3 is 9.64 Å². The van der Waals surface area contributed by atoms with Crippen LogP contribution in [0.1, 0.15) is 49.8 Å². The number of benzene rings is 2. The van der Waals surface area contributed by atoms with Crippen molar-refractivity contribution in [2.24, 2.45) is 0 Å². The summed E-state index contributed by atoms with van der Waals surface area (Å²) in [4.78, 5) is 27.3. The summed E-state index contributed by atoms with van der Waals surface area (Å²) in [6.07, 6.45) is -0.289. The van der Waals surface area contributed by atoms with Crippen LogP contribution in [-0.2, 0) is 20.9 Å². The first kappa shape index (κ1) is 21.7. The van der Waals surface area contributed by atoms with Crippen molar-refractivity contribution >= 4 is 11.9 Å². The van der Waals surface area contributed by atoms with E-state index in [4.69, 9.17) is 4.74 Å². The minimum absolute atomic E-state index is 0.0419. The summed E-state index contributed by atoms with van der Waals surface area (Å²) in [6, 6.07) is 11.5. The number of amides is 1. The highest BCUT2D eigenvalue weighted by Crippen LogP contribution is 2.38. The minimum Gasteiger partial charge on any atom is -0.460 e. The molecule has 4 nitrogen and oxygen atoms in total. The van der Waals surface area contributed by atoms with Crippen molar-refractivity contribution in [1.29, 1.82) is 0 Å². The molecule has 0 saturated carbocycles. The quantitative estimate of drug-likeness (QED) is 0.647. The lowest BCUT2D eigenvalue weighted by Crippen LogP contribution is -2.38. The van der Waals surface area contributed by atoms with Crippen molar-refractivity contribution < 1.29 is 23.1 Å². The van der Waals surface area contributed by atoms with Gasteiger partial charge in [0.05, 0.1) is 18.2 Å². The average molecular weight is 413 g/mol. The maximum atomic E-state index is 14.2. The summed E-state index contributed by atoms with van der Waals surface area (Å²) in [5.41, 5.74) is 2.67. The molecule has 0 aromatic heterocycles. The summed E-state index contributed by atoms with van der Waals surface area (Å²) >= 11 is 0. The molecule has 1 atom stereocenters. The molecule has 1 aliphatic rings. The van der Waals surface area contributed by atoms with E-state index in [0.717, 1.165) is 17.2 Å². The van der Waals surface area contributed by atoms with Crippen molar-refractivity contribution in [3.63, 3.8) is 0 Å². The van der Waals surface area contributed by atoms with Gasteiger partial charge in [0, 0.05) is 23.6 Å². The van der Waals surface area contributed by atoms with E-state index in [-0.39, 0.29) is 30.5 Å². The molecule has 2 aromatic rings. The van der Waals surface area contributed by atoms with Crippen molar-refractivity contribution in [2.45, 2.75) is 52.7 Å². The summed E-state index contributed by atoms with van der Waals surface area (Å²) in [5, 5.41) is 0. The molecule has 2 aromatic carbocycles. The Morgan fingerprint density at radius 2 is 1.87 bits per heavy atom. The molecule has 0 bridgehead atoms. The largest absolute Gasteiger partial charge is 0.460 e. The molecule has 3 rings (SSSR count). The molecule has 0 radical (unpaired) electrons. The normalized spacial score (nSPS) is 17.0. The van der Waals surface area contributed by atoms with Crippen LogP contribution >= 0.6 is 0 Å². The first-order valence-corrected chi connectivity index (χ1v) is 9.90. The molecule has 1 aliphatic heterocycles. The summed E-state index contributed by atoms with van der Waals surface area (Å²) < 4.78 is 33.3. The van der Waals surface area contributed by atoms with Gasteiger partial charge in [-0.15, -0.1) is 0 Å². The maximum absolute atomic E-state index is 14.2. The third-order valence-corrected chi connectivity index (χ3v) is 5.19. The Kier molecular flexibility index (Phi) is 6.34. The molecular formula is C24H25F2NO3. The summed E-state index contributed by atoms with van der Waals surface area (Å²) in [5.74, 6) is -3.20. The highest BCUT2D eigenvalue weighted by Gasteiger charge is 2.37. The summed E-state index contributed by atoms with van der Waals surface area (Å²) in [7, 11) is 0. The van der Waals surface area contributed by atoms with Gasteiger partial charge in [-0.2, -0.15) is 0 Å². The van der Waals surface area contributed by atoms with Crippen LogP contribution < -0.4 is 0 Å². The lowest BCUT2D eigenvalue weighted by Gasteiger charge is -2.35. The Labute approximate surface area is 175 Å². The van der Waals surface area contributed by atoms with Gasteiger partial charge in [-0.25, -0.2) is 13.6 Å². The first-order valence-electron chi connectivity index (χ1n) is 9.90. The molecule has 1 heterocycles. The number of esters is 1. The fraction of sp³-hybridized carbons (Fsp3) is 0.333. The number of allylic oxidation sites excluding steroid dienone is 1. The molecule has 0 spiro atoms. The van der Waals surface area contributed by atoms with E-state index in [9.17, 15) is 18.4 Å². The minimum atomic E-state index is -0.995. The second-order valence-electron chi connectivity index (χ2n) is 7.82. The number of ether oxygens (including phenoxy) is 1. The van der Waals surface area contributed by atoms with Crippen molar-refractivity contribution in [1.82, 2.24) is 4.90 Å². The van der Waals surface area contributed by atoms with E-state index < -0.39 is 23.5 Å². The summed E-state index contributed by atoms with van der Waals surface area (Å²) in [6.45, 7) is 6.93. The molecule has 0 aliphatic carbocycles. The van der Waals surface area contributed by atoms with Crippen LogP contribution in [0.15, 0.2) is 53.7 Å². The number of carbonyl (C=O) groups is 2. The number of hydrogen-bond donors (Lipinski definition) is 0. The topological polar surface area (TPSA) is 46.6 Å². The van der Waals surface area contributed by atoms with Gasteiger partial charge >= 0.3 is 5.97 Å². The van der Waals surface area contributed by atoms with E-state index in [1.54, 1.807) is 20.8 Å². The van der Waals surface area contributed by atoms with Crippen LogP contribution in [0.2, 0.25) is 0 Å². The van der Waals surface area contributed by atoms with Crippen LogP contribution in [0, 0.1) is 18.6 Å². The van der Waals surface area contributed by atoms with Crippen LogP contribution in [0.5, 0.6) is 0 Å². The van der Waals surface area contributed by atoms with Crippen LogP contribution in [0.4, 0.5) is 8.78 Å². The average Bonchev–Trinajstić information content (AvgIpc) is 2.67. The third-order valence-electron chi connectivity index (χ3n) is 5.19. The second kappa shape index (κ2) is 8.78. The second-order valence-corrected chi connectivity index (χ2v) is 7.82. The fourth-order valence-electron chi connectivity index (χ4n) is 3.76. The van der Waals surface area contributed by atoms with E-state index in [1.165, 1.54) is 17.0 Å². The van der Waals surface area contributed by atoms with Crippen LogP contribution in [0.3, 0.4) is 0 Å². The third kappa shape index (κ3) is 4.42. The molecule has 0 unspecified atom stereocenters. The Hall–Kier alpha value is -3.02. The van der Waals surface area contributed by atoms with Gasteiger partial charge in [0.15, 0.2) is 11.6 Å². The zero-order chi connectivity index (χ0) is 22.0. The number of rotatable bonds is 5. The molecule has 30 heavy (non-hydrogen) atoms. The van der Waals surface area contributed by atoms with E-state index in [1.807, 2.05) is 31.2 Å². The molecule has 0 N–H and O–H groups in total. The number of nitrogens with zero attached hydrogens (tertiary/aromatic N) is 1. The van der Waals surface area contributed by atoms with Crippen molar-refractivity contribution in [3.05, 3.63) is 82.1 Å². The standard InChI is InChI=1S/C24H25F2NO3/c1-14(2)30-24(29)22-16(4)27(13-18-9-6-10-20(25)23(18)26)21(28)12-19(22)17-8-5-7-15(3)11-17/h5-11,14,19H,12-13H2,1-4H3/t19-/m0/s1. The van der Waals surface area contributed by atoms with E-state index >= 15 is 0 Å². The molecule has 0 saturated heterocycles. The number of aryl methyl sites for hydroxylation is 1. The number of carbonyl (C=O) groups excluding carboxylic acids is 2.